The fourth-order valence-electron chi connectivity index (χ4n) is 2.03. The van der Waals surface area contributed by atoms with Gasteiger partial charge in [0.1, 0.15) is 11.4 Å². The second kappa shape index (κ2) is 9.76. The molecule has 10 heteroatoms. The summed E-state index contributed by atoms with van der Waals surface area (Å²) in [4.78, 5) is 33.6. The molecule has 1 amide bonds. The Hall–Kier alpha value is -3.82. The Morgan fingerprint density at radius 1 is 1.14 bits per heavy atom. The Balaban J connectivity index is 1.84. The number of amides is 1. The van der Waals surface area contributed by atoms with Crippen molar-refractivity contribution in [1.82, 2.24) is 0 Å². The lowest BCUT2D eigenvalue weighted by Crippen LogP contribution is -2.20. The van der Waals surface area contributed by atoms with Crippen LogP contribution >= 0.6 is 0 Å². The highest BCUT2D eigenvalue weighted by Crippen LogP contribution is 2.23. The molecule has 1 N–H and O–H groups in total. The van der Waals surface area contributed by atoms with Crippen LogP contribution in [0, 0.1) is 10.1 Å². The number of nitrogens with one attached hydrogen (secondary N) is 1. The SMILES string of the molecule is O=C(COC(=O)/C=C/c1ccc(OC(F)F)cc1)Nc1ccccc1[N+](=O)[O-]. The molecule has 0 aromatic heterocycles. The molecule has 0 heterocycles. The molecule has 0 bridgehead atoms. The number of anilines is 1. The lowest BCUT2D eigenvalue weighted by Gasteiger charge is -2.06. The quantitative estimate of drug-likeness (QED) is 0.319. The van der Waals surface area contributed by atoms with Crippen molar-refractivity contribution in [1.29, 1.82) is 0 Å². The standard InChI is InChI=1S/C18H14F2N2O6/c19-18(20)28-13-8-5-12(6-9-13)7-10-17(24)27-11-16(23)21-14-3-1-2-4-15(14)22(25)26/h1-10,18H,11H2,(H,21,23)/b10-7+. The molecule has 0 fully saturated rings. The number of hydrogen-bond acceptors (Lipinski definition) is 6. The first-order valence-corrected chi connectivity index (χ1v) is 7.78. The summed E-state index contributed by atoms with van der Waals surface area (Å²) in [6, 6.07) is 11.0. The summed E-state index contributed by atoms with van der Waals surface area (Å²) in [6.45, 7) is -3.57. The minimum Gasteiger partial charge on any atom is -0.452 e. The Morgan fingerprint density at radius 3 is 2.46 bits per heavy atom. The highest BCUT2D eigenvalue weighted by atomic mass is 19.3. The van der Waals surface area contributed by atoms with E-state index in [9.17, 15) is 28.5 Å². The molecule has 146 valence electrons. The molecule has 0 aliphatic heterocycles. The normalized spacial score (nSPS) is 10.7. The molecule has 0 radical (unpaired) electrons. The van der Waals surface area contributed by atoms with Crippen LogP contribution in [0.15, 0.2) is 54.6 Å². The van der Waals surface area contributed by atoms with Crippen LogP contribution in [-0.2, 0) is 14.3 Å². The number of hydrogen-bond donors (Lipinski definition) is 1. The number of nitrogens with zero attached hydrogens (tertiary/aromatic N) is 1. The minimum atomic E-state index is -2.93. The zero-order valence-electron chi connectivity index (χ0n) is 14.2. The van der Waals surface area contributed by atoms with Gasteiger partial charge < -0.3 is 14.8 Å². The van der Waals surface area contributed by atoms with Gasteiger partial charge in [0.25, 0.3) is 11.6 Å². The number of nitro groups is 1. The predicted octanol–water partition coefficient (Wildman–Crippen LogP) is 3.39. The average molecular weight is 392 g/mol. The van der Waals surface area contributed by atoms with Crippen molar-refractivity contribution >= 4 is 29.3 Å². The van der Waals surface area contributed by atoms with E-state index in [2.05, 4.69) is 10.1 Å². The molecule has 8 nitrogen and oxygen atoms in total. The van der Waals surface area contributed by atoms with Gasteiger partial charge >= 0.3 is 12.6 Å². The number of alkyl halides is 2. The third kappa shape index (κ3) is 6.48. The molecule has 2 aromatic rings. The highest BCUT2D eigenvalue weighted by molar-refractivity contribution is 5.96. The second-order valence-corrected chi connectivity index (χ2v) is 5.21. The lowest BCUT2D eigenvalue weighted by molar-refractivity contribution is -0.383. The van der Waals surface area contributed by atoms with Crippen LogP contribution in [0.5, 0.6) is 5.75 Å². The van der Waals surface area contributed by atoms with E-state index in [1.807, 2.05) is 0 Å². The van der Waals surface area contributed by atoms with Crippen LogP contribution in [0.25, 0.3) is 6.08 Å². The van der Waals surface area contributed by atoms with Crippen molar-refractivity contribution < 1.29 is 32.8 Å². The van der Waals surface area contributed by atoms with E-state index in [1.54, 1.807) is 0 Å². The van der Waals surface area contributed by atoms with E-state index in [1.165, 1.54) is 54.6 Å². The number of rotatable bonds is 8. The van der Waals surface area contributed by atoms with E-state index in [-0.39, 0.29) is 17.1 Å². The number of benzene rings is 2. The molecule has 0 atom stereocenters. The van der Waals surface area contributed by atoms with Crippen molar-refractivity contribution in [2.45, 2.75) is 6.61 Å². The van der Waals surface area contributed by atoms with Crippen LogP contribution in [0.1, 0.15) is 5.56 Å². The predicted molar refractivity (Wildman–Crippen MR) is 94.8 cm³/mol. The molecular formula is C18H14F2N2O6. The summed E-state index contributed by atoms with van der Waals surface area (Å²) >= 11 is 0. The van der Waals surface area contributed by atoms with Gasteiger partial charge in [-0.05, 0) is 29.8 Å². The zero-order valence-corrected chi connectivity index (χ0v) is 14.2. The summed E-state index contributed by atoms with van der Waals surface area (Å²) in [5.41, 5.74) is 0.208. The number of esters is 1. The Kier molecular flexibility index (Phi) is 7.14. The van der Waals surface area contributed by atoms with Gasteiger partial charge in [-0.25, -0.2) is 4.79 Å². The summed E-state index contributed by atoms with van der Waals surface area (Å²) in [6.07, 6.45) is 2.40. The van der Waals surface area contributed by atoms with E-state index in [0.717, 1.165) is 6.08 Å². The maximum atomic E-state index is 12.1. The molecule has 2 aromatic carbocycles. The third-order valence-corrected chi connectivity index (χ3v) is 3.24. The van der Waals surface area contributed by atoms with Crippen LogP contribution in [0.2, 0.25) is 0 Å². The number of carbonyl (C=O) groups excluding carboxylic acids is 2. The number of para-hydroxylation sites is 2. The first-order chi connectivity index (χ1) is 13.3. The van der Waals surface area contributed by atoms with Gasteiger partial charge in [-0.15, -0.1) is 0 Å². The number of halogens is 2. The molecule has 0 unspecified atom stereocenters. The third-order valence-electron chi connectivity index (χ3n) is 3.24. The van der Waals surface area contributed by atoms with Gasteiger partial charge in [-0.3, -0.25) is 14.9 Å². The molecule has 0 saturated heterocycles. The van der Waals surface area contributed by atoms with Crippen LogP contribution in [0.3, 0.4) is 0 Å². The topological polar surface area (TPSA) is 108 Å². The molecule has 0 spiro atoms. The molecule has 0 aliphatic rings. The number of carbonyl (C=O) groups is 2. The van der Waals surface area contributed by atoms with Crippen LogP contribution in [0.4, 0.5) is 20.2 Å². The van der Waals surface area contributed by atoms with E-state index < -0.39 is 30.0 Å². The van der Waals surface area contributed by atoms with Crippen molar-refractivity contribution in [3.8, 4) is 5.75 Å². The largest absolute Gasteiger partial charge is 0.452 e. The van der Waals surface area contributed by atoms with Crippen molar-refractivity contribution in [3.63, 3.8) is 0 Å². The molecular weight excluding hydrogens is 378 g/mol. The minimum absolute atomic E-state index is 0.0183. The Morgan fingerprint density at radius 2 is 1.82 bits per heavy atom. The summed E-state index contributed by atoms with van der Waals surface area (Å²) < 4.78 is 33.1. The zero-order chi connectivity index (χ0) is 20.5. The summed E-state index contributed by atoms with van der Waals surface area (Å²) in [5, 5.41) is 13.2. The van der Waals surface area contributed by atoms with Gasteiger partial charge in [-0.2, -0.15) is 8.78 Å². The molecule has 28 heavy (non-hydrogen) atoms. The van der Waals surface area contributed by atoms with E-state index >= 15 is 0 Å². The Bertz CT molecular complexity index is 884. The van der Waals surface area contributed by atoms with Crippen LogP contribution < -0.4 is 10.1 Å². The van der Waals surface area contributed by atoms with Crippen molar-refractivity contribution in [2.24, 2.45) is 0 Å². The van der Waals surface area contributed by atoms with Gasteiger partial charge in [0.05, 0.1) is 4.92 Å². The number of ether oxygens (including phenoxy) is 2. The first-order valence-electron chi connectivity index (χ1n) is 7.78. The maximum Gasteiger partial charge on any atom is 0.387 e. The Labute approximate surface area is 157 Å². The maximum absolute atomic E-state index is 12.1. The smallest absolute Gasteiger partial charge is 0.387 e. The molecule has 0 aliphatic carbocycles. The summed E-state index contributed by atoms with van der Waals surface area (Å²) in [7, 11) is 0. The molecule has 0 saturated carbocycles. The molecule has 2 rings (SSSR count). The van der Waals surface area contributed by atoms with E-state index in [4.69, 9.17) is 4.74 Å². The average Bonchev–Trinajstić information content (AvgIpc) is 2.65. The fourth-order valence-corrected chi connectivity index (χ4v) is 2.03. The number of nitro benzene ring substituents is 1. The van der Waals surface area contributed by atoms with Crippen molar-refractivity contribution in [3.05, 3.63) is 70.3 Å². The summed E-state index contributed by atoms with van der Waals surface area (Å²) in [5.74, 6) is -1.60. The van der Waals surface area contributed by atoms with Crippen molar-refractivity contribution in [2.75, 3.05) is 11.9 Å². The van der Waals surface area contributed by atoms with Gasteiger partial charge in [0.15, 0.2) is 6.61 Å². The van der Waals surface area contributed by atoms with Gasteiger partial charge in [0, 0.05) is 12.1 Å². The fraction of sp³-hybridized carbons (Fsp3) is 0.111. The first kappa shape index (κ1) is 20.5. The second-order valence-electron chi connectivity index (χ2n) is 5.21. The lowest BCUT2D eigenvalue weighted by atomic mass is 10.2. The van der Waals surface area contributed by atoms with Crippen LogP contribution in [-0.4, -0.2) is 30.0 Å². The van der Waals surface area contributed by atoms with Gasteiger partial charge in [-0.1, -0.05) is 24.3 Å². The van der Waals surface area contributed by atoms with E-state index in [0.29, 0.717) is 5.56 Å². The monoisotopic (exact) mass is 392 g/mol. The highest BCUT2D eigenvalue weighted by Gasteiger charge is 2.15. The van der Waals surface area contributed by atoms with Gasteiger partial charge in [0.2, 0.25) is 0 Å².